The van der Waals surface area contributed by atoms with Crippen LogP contribution in [0.1, 0.15) is 29.8 Å². The lowest BCUT2D eigenvalue weighted by Crippen LogP contribution is -2.04. The summed E-state index contributed by atoms with van der Waals surface area (Å²) in [5, 5.41) is 12.3. The summed E-state index contributed by atoms with van der Waals surface area (Å²) in [6.45, 7) is 5.48. The van der Waals surface area contributed by atoms with Crippen LogP contribution in [-0.4, -0.2) is 24.3 Å². The van der Waals surface area contributed by atoms with E-state index in [1.54, 1.807) is 18.2 Å². The molecule has 0 fully saturated rings. The fourth-order valence-corrected chi connectivity index (χ4v) is 2.84. The molecular formula is C18H20BrNO4. The van der Waals surface area contributed by atoms with Gasteiger partial charge in [-0.15, -0.1) is 0 Å². The Balaban J connectivity index is 2.17. The number of nitrogens with one attached hydrogen (secondary N) is 1. The molecule has 2 aromatic carbocycles. The molecule has 5 nitrogen and oxygen atoms in total. The minimum atomic E-state index is -0.943. The van der Waals surface area contributed by atoms with Crippen molar-refractivity contribution in [1.29, 1.82) is 0 Å². The second kappa shape index (κ2) is 8.59. The first-order chi connectivity index (χ1) is 11.5. The third-order valence-corrected chi connectivity index (χ3v) is 3.85. The van der Waals surface area contributed by atoms with Crippen LogP contribution in [0.3, 0.4) is 0 Å². The summed E-state index contributed by atoms with van der Waals surface area (Å²) in [6.07, 6.45) is 0. The van der Waals surface area contributed by atoms with Crippen molar-refractivity contribution in [3.05, 3.63) is 52.0 Å². The Hall–Kier alpha value is -2.21. The van der Waals surface area contributed by atoms with E-state index in [2.05, 4.69) is 21.2 Å². The van der Waals surface area contributed by atoms with E-state index in [1.165, 1.54) is 0 Å². The van der Waals surface area contributed by atoms with Gasteiger partial charge in [0.2, 0.25) is 0 Å². The largest absolute Gasteiger partial charge is 0.490 e. The molecule has 0 aliphatic rings. The van der Waals surface area contributed by atoms with Crippen molar-refractivity contribution in [2.45, 2.75) is 20.4 Å². The van der Waals surface area contributed by atoms with Crippen LogP contribution in [0.4, 0.5) is 5.69 Å². The molecule has 0 radical (unpaired) electrons. The minimum absolute atomic E-state index is 0.253. The Morgan fingerprint density at radius 3 is 2.58 bits per heavy atom. The SMILES string of the molecule is CCOc1cc(CNc2cccc(C(=O)O)c2)cc(Br)c1OCC. The van der Waals surface area contributed by atoms with Crippen LogP contribution in [-0.2, 0) is 6.54 Å². The van der Waals surface area contributed by atoms with Gasteiger partial charge in [0, 0.05) is 12.2 Å². The highest BCUT2D eigenvalue weighted by Crippen LogP contribution is 2.37. The number of carbonyl (C=O) groups is 1. The first-order valence-electron chi connectivity index (χ1n) is 7.70. The van der Waals surface area contributed by atoms with E-state index in [-0.39, 0.29) is 5.56 Å². The van der Waals surface area contributed by atoms with Gasteiger partial charge in [-0.2, -0.15) is 0 Å². The van der Waals surface area contributed by atoms with Crippen LogP contribution in [0.25, 0.3) is 0 Å². The Labute approximate surface area is 149 Å². The van der Waals surface area contributed by atoms with Gasteiger partial charge in [-0.3, -0.25) is 0 Å². The van der Waals surface area contributed by atoms with Crippen LogP contribution in [0, 0.1) is 0 Å². The lowest BCUT2D eigenvalue weighted by Gasteiger charge is -2.15. The van der Waals surface area contributed by atoms with Gasteiger partial charge in [-0.25, -0.2) is 4.79 Å². The number of aromatic carboxylic acids is 1. The predicted octanol–water partition coefficient (Wildman–Crippen LogP) is 4.56. The number of hydrogen-bond acceptors (Lipinski definition) is 4. The Bertz CT molecular complexity index is 718. The zero-order valence-corrected chi connectivity index (χ0v) is 15.2. The van der Waals surface area contributed by atoms with Crippen molar-refractivity contribution in [3.8, 4) is 11.5 Å². The summed E-state index contributed by atoms with van der Waals surface area (Å²) < 4.78 is 12.1. The van der Waals surface area contributed by atoms with Gasteiger partial charge in [0.05, 0.1) is 23.2 Å². The topological polar surface area (TPSA) is 67.8 Å². The number of rotatable bonds is 8. The number of anilines is 1. The van der Waals surface area contributed by atoms with Crippen LogP contribution in [0.5, 0.6) is 11.5 Å². The molecule has 2 aromatic rings. The molecule has 24 heavy (non-hydrogen) atoms. The summed E-state index contributed by atoms with van der Waals surface area (Å²) in [4.78, 5) is 11.0. The molecule has 128 valence electrons. The highest BCUT2D eigenvalue weighted by Gasteiger charge is 2.12. The van der Waals surface area contributed by atoms with Crippen LogP contribution < -0.4 is 14.8 Å². The predicted molar refractivity (Wildman–Crippen MR) is 97.2 cm³/mol. The zero-order chi connectivity index (χ0) is 17.5. The van der Waals surface area contributed by atoms with Crippen molar-refractivity contribution in [2.24, 2.45) is 0 Å². The van der Waals surface area contributed by atoms with Gasteiger partial charge in [0.25, 0.3) is 0 Å². The monoisotopic (exact) mass is 393 g/mol. The van der Waals surface area contributed by atoms with Gasteiger partial charge < -0.3 is 19.9 Å². The summed E-state index contributed by atoms with van der Waals surface area (Å²) in [6, 6.07) is 10.6. The molecule has 6 heteroatoms. The Kier molecular flexibility index (Phi) is 6.49. The molecule has 0 atom stereocenters. The second-order valence-corrected chi connectivity index (χ2v) is 5.86. The smallest absolute Gasteiger partial charge is 0.335 e. The number of hydrogen-bond donors (Lipinski definition) is 2. The fraction of sp³-hybridized carbons (Fsp3) is 0.278. The van der Waals surface area contributed by atoms with E-state index in [9.17, 15) is 4.79 Å². The number of halogens is 1. The van der Waals surface area contributed by atoms with Gasteiger partial charge in [0.1, 0.15) is 0 Å². The van der Waals surface area contributed by atoms with Crippen LogP contribution >= 0.6 is 15.9 Å². The summed E-state index contributed by atoms with van der Waals surface area (Å²) in [5.41, 5.74) is 2.00. The van der Waals surface area contributed by atoms with Gasteiger partial charge >= 0.3 is 5.97 Å². The molecule has 0 saturated heterocycles. The maximum atomic E-state index is 11.0. The number of carboxylic acid groups (broad SMARTS) is 1. The van der Waals surface area contributed by atoms with Crippen molar-refractivity contribution in [1.82, 2.24) is 0 Å². The molecule has 0 aliphatic carbocycles. The maximum absolute atomic E-state index is 11.0. The van der Waals surface area contributed by atoms with Crippen molar-refractivity contribution >= 4 is 27.6 Å². The lowest BCUT2D eigenvalue weighted by molar-refractivity contribution is 0.0697. The van der Waals surface area contributed by atoms with E-state index in [0.29, 0.717) is 31.3 Å². The average molecular weight is 394 g/mol. The quantitative estimate of drug-likeness (QED) is 0.687. The lowest BCUT2D eigenvalue weighted by atomic mass is 10.1. The van der Waals surface area contributed by atoms with E-state index in [0.717, 1.165) is 15.7 Å². The van der Waals surface area contributed by atoms with E-state index in [1.807, 2.05) is 32.0 Å². The number of ether oxygens (including phenoxy) is 2. The molecule has 0 amide bonds. The van der Waals surface area contributed by atoms with Gasteiger partial charge in [0.15, 0.2) is 11.5 Å². The molecule has 0 heterocycles. The summed E-state index contributed by atoms with van der Waals surface area (Å²) in [7, 11) is 0. The van der Waals surface area contributed by atoms with Crippen molar-refractivity contribution in [3.63, 3.8) is 0 Å². The molecule has 0 saturated carbocycles. The second-order valence-electron chi connectivity index (χ2n) is 5.01. The molecule has 0 aliphatic heterocycles. The van der Waals surface area contributed by atoms with E-state index >= 15 is 0 Å². The molecule has 0 unspecified atom stereocenters. The Morgan fingerprint density at radius 1 is 1.17 bits per heavy atom. The third kappa shape index (κ3) is 4.64. The number of benzene rings is 2. The van der Waals surface area contributed by atoms with Crippen LogP contribution in [0.15, 0.2) is 40.9 Å². The normalized spacial score (nSPS) is 10.3. The molecular weight excluding hydrogens is 374 g/mol. The fourth-order valence-electron chi connectivity index (χ4n) is 2.24. The highest BCUT2D eigenvalue weighted by molar-refractivity contribution is 9.10. The summed E-state index contributed by atoms with van der Waals surface area (Å²) in [5.74, 6) is 0.432. The Morgan fingerprint density at radius 2 is 1.92 bits per heavy atom. The first-order valence-corrected chi connectivity index (χ1v) is 8.49. The molecule has 0 aromatic heterocycles. The highest BCUT2D eigenvalue weighted by atomic mass is 79.9. The standard InChI is InChI=1S/C18H20BrNO4/c1-3-23-16-9-12(8-15(19)17(16)24-4-2)11-20-14-7-5-6-13(10-14)18(21)22/h5-10,20H,3-4,11H2,1-2H3,(H,21,22). The van der Waals surface area contributed by atoms with Gasteiger partial charge in [-0.1, -0.05) is 6.07 Å². The van der Waals surface area contributed by atoms with Crippen LogP contribution in [0.2, 0.25) is 0 Å². The third-order valence-electron chi connectivity index (χ3n) is 3.26. The zero-order valence-electron chi connectivity index (χ0n) is 13.6. The average Bonchev–Trinajstić information content (AvgIpc) is 2.56. The molecule has 2 N–H and O–H groups in total. The van der Waals surface area contributed by atoms with Crippen molar-refractivity contribution < 1.29 is 19.4 Å². The minimum Gasteiger partial charge on any atom is -0.490 e. The maximum Gasteiger partial charge on any atom is 0.335 e. The molecule has 0 spiro atoms. The number of carboxylic acids is 1. The summed E-state index contributed by atoms with van der Waals surface area (Å²) >= 11 is 3.52. The molecule has 0 bridgehead atoms. The molecule has 2 rings (SSSR count). The van der Waals surface area contributed by atoms with E-state index < -0.39 is 5.97 Å². The van der Waals surface area contributed by atoms with E-state index in [4.69, 9.17) is 14.6 Å². The van der Waals surface area contributed by atoms with Gasteiger partial charge in [-0.05, 0) is 65.7 Å². The first kappa shape index (κ1) is 18.1. The van der Waals surface area contributed by atoms with Crippen molar-refractivity contribution in [2.75, 3.05) is 18.5 Å².